The molecule has 3 N–H and O–H groups in total. The van der Waals surface area contributed by atoms with Gasteiger partial charge in [-0.05, 0) is 49.8 Å². The van der Waals surface area contributed by atoms with Gasteiger partial charge in [0, 0.05) is 10.9 Å². The highest BCUT2D eigenvalue weighted by Gasteiger charge is 2.41. The van der Waals surface area contributed by atoms with E-state index in [-0.39, 0.29) is 39.9 Å². The van der Waals surface area contributed by atoms with Gasteiger partial charge >= 0.3 is 0 Å². The molecule has 3 aromatic rings. The van der Waals surface area contributed by atoms with Crippen LogP contribution in [-0.4, -0.2) is 25.5 Å². The number of allylic oxidation sites excluding steroid dienone is 4. The Bertz CT molecular complexity index is 1390. The number of pyridine rings is 1. The first-order valence-corrected chi connectivity index (χ1v) is 10.9. The number of nitrogen functional groups attached to an aromatic ring is 1. The minimum Gasteiger partial charge on any atom is -0.390 e. The Morgan fingerprint density at radius 2 is 2.03 bits per heavy atom. The summed E-state index contributed by atoms with van der Waals surface area (Å²) in [6.45, 7) is 3.78. The number of rotatable bonds is 3. The van der Waals surface area contributed by atoms with Crippen molar-refractivity contribution in [3.63, 3.8) is 0 Å². The zero-order valence-corrected chi connectivity index (χ0v) is 18.3. The Labute approximate surface area is 189 Å². The van der Waals surface area contributed by atoms with Crippen molar-refractivity contribution in [1.29, 1.82) is 5.26 Å². The fourth-order valence-corrected chi connectivity index (χ4v) is 4.62. The monoisotopic (exact) mass is 447 g/mol. The second-order valence-electron chi connectivity index (χ2n) is 9.27. The van der Waals surface area contributed by atoms with E-state index in [2.05, 4.69) is 17.0 Å². The Morgan fingerprint density at radius 3 is 2.67 bits per heavy atom. The summed E-state index contributed by atoms with van der Waals surface area (Å²) in [5, 5.41) is 24.5. The van der Waals surface area contributed by atoms with Crippen molar-refractivity contribution in [2.75, 3.05) is 5.73 Å². The van der Waals surface area contributed by atoms with E-state index in [0.29, 0.717) is 29.7 Å². The summed E-state index contributed by atoms with van der Waals surface area (Å²) in [5.74, 6) is -0.732. The first-order valence-electron chi connectivity index (χ1n) is 10.9. The lowest BCUT2D eigenvalue weighted by atomic mass is 9.77. The predicted molar refractivity (Wildman–Crippen MR) is 122 cm³/mol. The Kier molecular flexibility index (Phi) is 4.83. The Balaban J connectivity index is 1.63. The molecular weight excluding hydrogens is 424 g/mol. The zero-order chi connectivity index (χ0) is 23.5. The molecule has 5 rings (SSSR count). The molecule has 0 saturated heterocycles. The van der Waals surface area contributed by atoms with Crippen LogP contribution in [0.25, 0.3) is 27.7 Å². The lowest BCUT2D eigenvalue weighted by Gasteiger charge is -2.41. The second kappa shape index (κ2) is 7.49. The number of anilines is 1. The van der Waals surface area contributed by atoms with Gasteiger partial charge in [0.25, 0.3) is 0 Å². The third-order valence-corrected chi connectivity index (χ3v) is 6.48. The van der Waals surface area contributed by atoms with Gasteiger partial charge in [-0.1, -0.05) is 31.2 Å². The lowest BCUT2D eigenvalue weighted by molar-refractivity contribution is -0.0535. The van der Waals surface area contributed by atoms with Gasteiger partial charge < -0.3 is 10.8 Å². The normalized spacial score (nSPS) is 24.4. The number of nitrogens with two attached hydrogens (primary N) is 1. The molecule has 0 amide bonds. The highest BCUT2D eigenvalue weighted by atomic mass is 19.1. The van der Waals surface area contributed by atoms with Crippen LogP contribution in [0.3, 0.4) is 0 Å². The summed E-state index contributed by atoms with van der Waals surface area (Å²) >= 11 is 0. The minimum atomic E-state index is -0.811. The fraction of sp³-hybridized carbons (Fsp3) is 0.320. The largest absolute Gasteiger partial charge is 0.390 e. The van der Waals surface area contributed by atoms with Gasteiger partial charge in [-0.15, -0.1) is 0 Å². The van der Waals surface area contributed by atoms with Crippen molar-refractivity contribution >= 4 is 22.3 Å². The molecule has 1 unspecified atom stereocenters. The van der Waals surface area contributed by atoms with Gasteiger partial charge in [0.15, 0.2) is 5.82 Å². The number of nitrogens with zero attached hydrogens (tertiary/aromatic N) is 4. The molecule has 1 saturated carbocycles. The molecule has 1 aromatic carbocycles. The molecule has 168 valence electrons. The quantitative estimate of drug-likeness (QED) is 0.595. The molecule has 2 heterocycles. The smallest absolute Gasteiger partial charge is 0.158 e. The lowest BCUT2D eigenvalue weighted by Crippen LogP contribution is -2.42. The van der Waals surface area contributed by atoms with E-state index in [1.165, 1.54) is 16.8 Å². The topological polar surface area (TPSA) is 101 Å². The van der Waals surface area contributed by atoms with Crippen molar-refractivity contribution < 1.29 is 13.9 Å². The van der Waals surface area contributed by atoms with Crippen molar-refractivity contribution in [2.45, 2.75) is 44.8 Å². The van der Waals surface area contributed by atoms with E-state index in [0.717, 1.165) is 6.42 Å². The Hall–Kier alpha value is -3.57. The molecule has 0 spiro atoms. The number of fused-ring (bicyclic) bond motifs is 1. The summed E-state index contributed by atoms with van der Waals surface area (Å²) in [6, 6.07) is 6.14. The van der Waals surface area contributed by atoms with Crippen LogP contribution in [-0.2, 0) is 0 Å². The summed E-state index contributed by atoms with van der Waals surface area (Å²) in [7, 11) is 0. The molecule has 0 bridgehead atoms. The maximum absolute atomic E-state index is 15.7. The third-order valence-electron chi connectivity index (χ3n) is 6.48. The minimum absolute atomic E-state index is 0.000380. The number of halogens is 2. The average molecular weight is 447 g/mol. The summed E-state index contributed by atoms with van der Waals surface area (Å²) in [5.41, 5.74) is 6.29. The van der Waals surface area contributed by atoms with Crippen molar-refractivity contribution in [1.82, 2.24) is 14.8 Å². The molecule has 1 fully saturated rings. The van der Waals surface area contributed by atoms with E-state index in [9.17, 15) is 14.8 Å². The first-order chi connectivity index (χ1) is 15.7. The van der Waals surface area contributed by atoms with Crippen LogP contribution in [0.1, 0.15) is 50.4 Å². The number of benzene rings is 1. The molecule has 2 aliphatic carbocycles. The van der Waals surface area contributed by atoms with Gasteiger partial charge in [-0.25, -0.2) is 18.4 Å². The maximum Gasteiger partial charge on any atom is 0.158 e. The highest BCUT2D eigenvalue weighted by molar-refractivity contribution is 5.88. The molecule has 33 heavy (non-hydrogen) atoms. The summed E-state index contributed by atoms with van der Waals surface area (Å²) in [4.78, 5) is 4.32. The van der Waals surface area contributed by atoms with Gasteiger partial charge in [-0.3, -0.25) is 0 Å². The van der Waals surface area contributed by atoms with Crippen LogP contribution < -0.4 is 5.73 Å². The standard InChI is InChI=1S/C25H23F2N5O/c1-13-3-5-14(6-4-13)21-19(26)9-15-7-8-17(20(27)22(15)30-21)23-18(12-28)24(29)32(31-23)16-10-25(2,33)11-16/h3,5-9,13,16,33H,4,10-11,29H2,1-2H3. The van der Waals surface area contributed by atoms with Gasteiger partial charge in [0.2, 0.25) is 0 Å². The number of nitriles is 1. The SMILES string of the molecule is CC1C=CC(c2nc3c(F)c(-c4nn(C5CC(C)(O)C5)c(N)c4C#N)ccc3cc2F)=CC1. The van der Waals surface area contributed by atoms with E-state index in [1.807, 2.05) is 18.2 Å². The molecule has 6 nitrogen and oxygen atoms in total. The number of hydrogen-bond acceptors (Lipinski definition) is 5. The van der Waals surface area contributed by atoms with Crippen molar-refractivity contribution in [3.8, 4) is 17.3 Å². The molecule has 0 aliphatic heterocycles. The van der Waals surface area contributed by atoms with Gasteiger partial charge in [-0.2, -0.15) is 10.4 Å². The van der Waals surface area contributed by atoms with E-state index in [4.69, 9.17) is 5.73 Å². The summed E-state index contributed by atoms with van der Waals surface area (Å²) < 4.78 is 32.0. The molecule has 2 aromatic heterocycles. The van der Waals surface area contributed by atoms with Gasteiger partial charge in [0.05, 0.1) is 11.6 Å². The second-order valence-corrected chi connectivity index (χ2v) is 9.27. The van der Waals surface area contributed by atoms with E-state index in [1.54, 1.807) is 19.1 Å². The molecule has 2 aliphatic rings. The van der Waals surface area contributed by atoms with Crippen LogP contribution in [0.4, 0.5) is 14.6 Å². The van der Waals surface area contributed by atoms with Crippen LogP contribution in [0.15, 0.2) is 36.4 Å². The number of aromatic nitrogens is 3. The average Bonchev–Trinajstić information content (AvgIpc) is 3.08. The van der Waals surface area contributed by atoms with Gasteiger partial charge in [0.1, 0.15) is 40.2 Å². The van der Waals surface area contributed by atoms with Crippen LogP contribution >= 0.6 is 0 Å². The maximum atomic E-state index is 15.7. The molecule has 0 radical (unpaired) electrons. The molecule has 8 heteroatoms. The molecule has 1 atom stereocenters. The number of aliphatic hydroxyl groups is 1. The van der Waals surface area contributed by atoms with E-state index >= 15 is 4.39 Å². The van der Waals surface area contributed by atoms with Crippen LogP contribution in [0, 0.1) is 28.9 Å². The highest BCUT2D eigenvalue weighted by Crippen LogP contribution is 2.43. The van der Waals surface area contributed by atoms with Crippen molar-refractivity contribution in [3.05, 3.63) is 59.3 Å². The first kappa shape index (κ1) is 21.3. The van der Waals surface area contributed by atoms with Crippen molar-refractivity contribution in [2.24, 2.45) is 5.92 Å². The Morgan fingerprint density at radius 1 is 1.27 bits per heavy atom. The fourth-order valence-electron chi connectivity index (χ4n) is 4.62. The van der Waals surface area contributed by atoms with E-state index < -0.39 is 17.2 Å². The van der Waals surface area contributed by atoms with Crippen LogP contribution in [0.5, 0.6) is 0 Å². The molecular formula is C25H23F2N5O. The number of hydrogen-bond donors (Lipinski definition) is 2. The predicted octanol–water partition coefficient (Wildman–Crippen LogP) is 4.90. The zero-order valence-electron chi connectivity index (χ0n) is 18.3. The van der Waals surface area contributed by atoms with Crippen LogP contribution in [0.2, 0.25) is 0 Å². The summed E-state index contributed by atoms with van der Waals surface area (Å²) in [6.07, 6.45) is 7.30. The third kappa shape index (κ3) is 3.49.